The van der Waals surface area contributed by atoms with Crippen LogP contribution in [0, 0.1) is 0 Å². The van der Waals surface area contributed by atoms with Gasteiger partial charge in [0.15, 0.2) is 0 Å². The highest BCUT2D eigenvalue weighted by Crippen LogP contribution is 2.41. The molecule has 1 saturated heterocycles. The molecule has 1 fully saturated rings. The number of hydrogen-bond acceptors (Lipinski definition) is 5. The number of carbonyl (C=O) groups excluding carboxylic acids is 1. The van der Waals surface area contributed by atoms with Gasteiger partial charge < -0.3 is 30.1 Å². The number of benzene rings is 3. The zero-order valence-electron chi connectivity index (χ0n) is 22.9. The number of carboxylic acid groups (broad SMARTS) is 1. The lowest BCUT2D eigenvalue weighted by Crippen LogP contribution is -2.50. The van der Waals surface area contributed by atoms with Gasteiger partial charge in [-0.15, -0.1) is 0 Å². The van der Waals surface area contributed by atoms with Gasteiger partial charge >= 0.3 is 6.09 Å². The van der Waals surface area contributed by atoms with E-state index in [9.17, 15) is 9.59 Å². The first kappa shape index (κ1) is 29.6. The van der Waals surface area contributed by atoms with Gasteiger partial charge in [0.25, 0.3) is 5.91 Å². The lowest BCUT2D eigenvalue weighted by atomic mass is 9.89. The van der Waals surface area contributed by atoms with Crippen molar-refractivity contribution in [2.45, 2.75) is 32.0 Å². The van der Waals surface area contributed by atoms with Gasteiger partial charge in [-0.1, -0.05) is 67.1 Å². The molecule has 2 amide bonds. The van der Waals surface area contributed by atoms with Crippen molar-refractivity contribution in [2.24, 2.45) is 0 Å². The van der Waals surface area contributed by atoms with Crippen LogP contribution < -0.4 is 10.6 Å². The molecule has 3 N–H and O–H groups in total. The molecule has 4 rings (SSSR count). The fraction of sp³-hybridized carbons (Fsp3) is 0.355. The van der Waals surface area contributed by atoms with Gasteiger partial charge in [-0.2, -0.15) is 0 Å². The van der Waals surface area contributed by atoms with Crippen molar-refractivity contribution in [1.29, 1.82) is 0 Å². The summed E-state index contributed by atoms with van der Waals surface area (Å²) in [7, 11) is 1.89. The Labute approximate surface area is 240 Å². The number of ether oxygens (including phenoxy) is 2. The Morgan fingerprint density at radius 2 is 1.88 bits per heavy atom. The Hall–Kier alpha value is -3.43. The minimum Gasteiger partial charge on any atom is -0.465 e. The molecule has 0 aliphatic carbocycles. The molecule has 3 aromatic rings. The molecular weight excluding hydrogens is 530 g/mol. The highest BCUT2D eigenvalue weighted by Gasteiger charge is 2.38. The molecule has 1 aliphatic heterocycles. The molecule has 9 heteroatoms. The van der Waals surface area contributed by atoms with Crippen LogP contribution in [0.1, 0.15) is 40.0 Å². The van der Waals surface area contributed by atoms with Crippen molar-refractivity contribution in [3.05, 3.63) is 94.0 Å². The third-order valence-corrected chi connectivity index (χ3v) is 7.30. The maximum Gasteiger partial charge on any atom is 0.404 e. The molecule has 8 nitrogen and oxygen atoms in total. The number of morpholine rings is 1. The van der Waals surface area contributed by atoms with Crippen LogP contribution in [0.3, 0.4) is 0 Å². The average molecular weight is 566 g/mol. The van der Waals surface area contributed by atoms with Crippen LogP contribution >= 0.6 is 11.6 Å². The number of amides is 2. The van der Waals surface area contributed by atoms with E-state index in [0.717, 1.165) is 28.7 Å². The largest absolute Gasteiger partial charge is 0.465 e. The minimum absolute atomic E-state index is 0.102. The van der Waals surface area contributed by atoms with Crippen LogP contribution in [0.4, 0.5) is 4.79 Å². The Morgan fingerprint density at radius 3 is 2.60 bits per heavy atom. The van der Waals surface area contributed by atoms with Gasteiger partial charge in [-0.05, 0) is 53.9 Å². The predicted octanol–water partition coefficient (Wildman–Crippen LogP) is 5.16. The summed E-state index contributed by atoms with van der Waals surface area (Å²) in [5.74, 6) is -0.102. The van der Waals surface area contributed by atoms with Gasteiger partial charge in [0.05, 0.1) is 25.9 Å². The molecule has 3 aromatic carbocycles. The van der Waals surface area contributed by atoms with Gasteiger partial charge in [0.1, 0.15) is 6.10 Å². The summed E-state index contributed by atoms with van der Waals surface area (Å²) < 4.78 is 12.0. The van der Waals surface area contributed by atoms with E-state index < -0.39 is 18.2 Å². The summed E-state index contributed by atoms with van der Waals surface area (Å²) in [6, 6.07) is 21.1. The predicted molar refractivity (Wildman–Crippen MR) is 156 cm³/mol. The van der Waals surface area contributed by atoms with Crippen molar-refractivity contribution in [3.8, 4) is 11.1 Å². The molecular formula is C31H36ClN3O5. The van der Waals surface area contributed by atoms with Crippen LogP contribution in [-0.2, 0) is 22.4 Å². The Bertz CT molecular complexity index is 1300. The normalized spacial score (nSPS) is 17.0. The van der Waals surface area contributed by atoms with Crippen molar-refractivity contribution >= 4 is 23.6 Å². The van der Waals surface area contributed by atoms with Crippen molar-refractivity contribution in [1.82, 2.24) is 15.5 Å². The second-order valence-electron chi connectivity index (χ2n) is 9.64. The van der Waals surface area contributed by atoms with Crippen LogP contribution in [0.2, 0.25) is 5.02 Å². The Morgan fingerprint density at radius 1 is 1.10 bits per heavy atom. The fourth-order valence-corrected chi connectivity index (χ4v) is 5.36. The zero-order valence-corrected chi connectivity index (χ0v) is 23.6. The number of hydrogen-bond donors (Lipinski definition) is 3. The van der Waals surface area contributed by atoms with E-state index in [0.29, 0.717) is 30.3 Å². The van der Waals surface area contributed by atoms with E-state index in [1.165, 1.54) is 5.56 Å². The number of rotatable bonds is 11. The lowest BCUT2D eigenvalue weighted by Gasteiger charge is -2.42. The molecule has 1 heterocycles. The summed E-state index contributed by atoms with van der Waals surface area (Å²) in [4.78, 5) is 26.6. The zero-order chi connectivity index (χ0) is 28.5. The van der Waals surface area contributed by atoms with E-state index in [-0.39, 0.29) is 25.7 Å². The number of carbonyl (C=O) groups is 2. The number of nitrogens with one attached hydrogen (secondary N) is 2. The van der Waals surface area contributed by atoms with Gasteiger partial charge in [-0.3, -0.25) is 4.79 Å². The van der Waals surface area contributed by atoms with Crippen LogP contribution in [-0.4, -0.2) is 68.1 Å². The summed E-state index contributed by atoms with van der Waals surface area (Å²) in [5, 5.41) is 14.9. The molecule has 0 unspecified atom stereocenters. The number of nitrogens with zero attached hydrogens (tertiary/aromatic N) is 1. The van der Waals surface area contributed by atoms with E-state index in [1.54, 1.807) is 0 Å². The lowest BCUT2D eigenvalue weighted by molar-refractivity contribution is -0.0937. The Kier molecular flexibility index (Phi) is 10.5. The smallest absolute Gasteiger partial charge is 0.404 e. The highest BCUT2D eigenvalue weighted by molar-refractivity contribution is 6.33. The molecule has 0 radical (unpaired) electrons. The van der Waals surface area contributed by atoms with Gasteiger partial charge in [0, 0.05) is 35.8 Å². The number of aryl methyl sites for hydroxylation is 1. The second kappa shape index (κ2) is 14.3. The molecule has 0 bridgehead atoms. The quantitative estimate of drug-likeness (QED) is 0.278. The van der Waals surface area contributed by atoms with Crippen molar-refractivity contribution in [2.75, 3.05) is 40.0 Å². The molecule has 212 valence electrons. The first-order chi connectivity index (χ1) is 19.4. The van der Waals surface area contributed by atoms with Crippen LogP contribution in [0.5, 0.6) is 0 Å². The summed E-state index contributed by atoms with van der Waals surface area (Å²) >= 11 is 6.85. The molecule has 0 aromatic heterocycles. The first-order valence-electron chi connectivity index (χ1n) is 13.5. The fourth-order valence-electron chi connectivity index (χ4n) is 5.07. The second-order valence-corrected chi connectivity index (χ2v) is 10.1. The molecule has 0 saturated carbocycles. The van der Waals surface area contributed by atoms with E-state index in [2.05, 4.69) is 29.7 Å². The molecule has 2 atom stereocenters. The average Bonchev–Trinajstić information content (AvgIpc) is 2.97. The standard InChI is InChI=1S/C31H36ClN3O5/c1-3-21-6-4-7-24(18-21)28-25(8-5-9-26(28)32)29-27(20-39-16-14-34-31(37)38)40-17-15-35(29)30(36)23-12-10-22(11-13-23)19-33-2/h4-13,18,27,29,33-34H,3,14-17,19-20H2,1-2H3,(H,37,38)/t27-,29-/m0/s1. The third kappa shape index (κ3) is 7.20. The summed E-state index contributed by atoms with van der Waals surface area (Å²) in [5.41, 5.74) is 5.57. The molecule has 40 heavy (non-hydrogen) atoms. The summed E-state index contributed by atoms with van der Waals surface area (Å²) in [6.07, 6.45) is -0.710. The van der Waals surface area contributed by atoms with Gasteiger partial charge in [0.2, 0.25) is 0 Å². The van der Waals surface area contributed by atoms with Crippen molar-refractivity contribution in [3.63, 3.8) is 0 Å². The molecule has 0 spiro atoms. The number of halogens is 1. The molecule has 1 aliphatic rings. The van der Waals surface area contributed by atoms with E-state index >= 15 is 0 Å². The maximum absolute atomic E-state index is 14.0. The van der Waals surface area contributed by atoms with Crippen LogP contribution in [0.15, 0.2) is 66.7 Å². The highest BCUT2D eigenvalue weighted by atomic mass is 35.5. The summed E-state index contributed by atoms with van der Waals surface area (Å²) in [6.45, 7) is 4.09. The third-order valence-electron chi connectivity index (χ3n) is 6.99. The Balaban J connectivity index is 1.72. The topological polar surface area (TPSA) is 100 Å². The van der Waals surface area contributed by atoms with E-state index in [1.807, 2.05) is 66.5 Å². The minimum atomic E-state index is -1.11. The SMILES string of the molecule is CCc1cccc(-c2c(Cl)cccc2[C@H]2[C@H](COCCNC(=O)O)OCCN2C(=O)c2ccc(CNC)cc2)c1. The van der Waals surface area contributed by atoms with Crippen LogP contribution in [0.25, 0.3) is 11.1 Å². The van der Waals surface area contributed by atoms with Crippen molar-refractivity contribution < 1.29 is 24.2 Å². The van der Waals surface area contributed by atoms with E-state index in [4.69, 9.17) is 26.2 Å². The maximum atomic E-state index is 14.0. The first-order valence-corrected chi connectivity index (χ1v) is 13.9. The van der Waals surface area contributed by atoms with Gasteiger partial charge in [-0.25, -0.2) is 4.79 Å². The monoisotopic (exact) mass is 565 g/mol.